The molecule has 4 nitrogen and oxygen atoms in total. The van der Waals surface area contributed by atoms with Crippen LogP contribution in [0, 0.1) is 5.92 Å². The SMILES string of the molecule is Cn1c(CN)c(OCC2CCCC2)c2cc(Cl)ccc2c1=O. The van der Waals surface area contributed by atoms with Crippen LogP contribution in [0.25, 0.3) is 10.8 Å². The highest BCUT2D eigenvalue weighted by molar-refractivity contribution is 6.31. The number of rotatable bonds is 4. The Bertz CT molecular complexity index is 748. The third kappa shape index (κ3) is 2.73. The van der Waals surface area contributed by atoms with E-state index in [4.69, 9.17) is 22.1 Å². The quantitative estimate of drug-likeness (QED) is 0.941. The molecule has 0 saturated heterocycles. The number of nitrogens with zero attached hydrogens (tertiary/aromatic N) is 1. The number of nitrogens with two attached hydrogens (primary N) is 1. The molecular formula is C17H21ClN2O2. The van der Waals surface area contributed by atoms with Crippen LogP contribution in [-0.4, -0.2) is 11.2 Å². The second-order valence-corrected chi connectivity index (χ2v) is 6.43. The molecule has 0 unspecified atom stereocenters. The molecule has 3 rings (SSSR count). The van der Waals surface area contributed by atoms with Gasteiger partial charge in [0.2, 0.25) is 0 Å². The maximum atomic E-state index is 12.4. The molecule has 1 aromatic heterocycles. The van der Waals surface area contributed by atoms with Crippen LogP contribution in [-0.2, 0) is 13.6 Å². The van der Waals surface area contributed by atoms with Gasteiger partial charge in [-0.25, -0.2) is 0 Å². The summed E-state index contributed by atoms with van der Waals surface area (Å²) < 4.78 is 7.70. The van der Waals surface area contributed by atoms with Gasteiger partial charge in [0.05, 0.1) is 17.7 Å². The zero-order valence-corrected chi connectivity index (χ0v) is 13.5. The summed E-state index contributed by atoms with van der Waals surface area (Å²) in [4.78, 5) is 12.4. The summed E-state index contributed by atoms with van der Waals surface area (Å²) in [5.41, 5.74) is 6.51. The second kappa shape index (κ2) is 6.31. The van der Waals surface area contributed by atoms with Crippen molar-refractivity contribution in [1.82, 2.24) is 4.57 Å². The largest absolute Gasteiger partial charge is 0.491 e. The van der Waals surface area contributed by atoms with Crippen LogP contribution >= 0.6 is 11.6 Å². The fourth-order valence-corrected chi connectivity index (χ4v) is 3.44. The summed E-state index contributed by atoms with van der Waals surface area (Å²) in [6.07, 6.45) is 4.97. The molecule has 1 heterocycles. The molecule has 0 amide bonds. The van der Waals surface area contributed by atoms with Gasteiger partial charge >= 0.3 is 0 Å². The molecule has 2 N–H and O–H groups in total. The molecule has 22 heavy (non-hydrogen) atoms. The average Bonchev–Trinajstić information content (AvgIpc) is 3.02. The lowest BCUT2D eigenvalue weighted by atomic mass is 10.1. The van der Waals surface area contributed by atoms with Gasteiger partial charge < -0.3 is 15.0 Å². The number of aromatic nitrogens is 1. The third-order valence-electron chi connectivity index (χ3n) is 4.56. The van der Waals surface area contributed by atoms with Gasteiger partial charge in [-0.2, -0.15) is 0 Å². The van der Waals surface area contributed by atoms with E-state index < -0.39 is 0 Å². The lowest BCUT2D eigenvalue weighted by Gasteiger charge is -2.19. The zero-order valence-electron chi connectivity index (χ0n) is 12.8. The van der Waals surface area contributed by atoms with E-state index in [1.807, 2.05) is 0 Å². The van der Waals surface area contributed by atoms with Crippen molar-refractivity contribution < 1.29 is 4.74 Å². The van der Waals surface area contributed by atoms with Crippen LogP contribution in [0.15, 0.2) is 23.0 Å². The molecule has 1 aliphatic carbocycles. The minimum Gasteiger partial charge on any atom is -0.491 e. The Balaban J connectivity index is 2.10. The standard InChI is InChI=1S/C17H21ClN2O2/c1-20-15(9-19)16(22-10-11-4-2-3-5-11)14-8-12(18)6-7-13(14)17(20)21/h6-8,11H,2-5,9-10,19H2,1H3. The van der Waals surface area contributed by atoms with E-state index in [1.54, 1.807) is 29.8 Å². The molecule has 2 aromatic rings. The van der Waals surface area contributed by atoms with Crippen molar-refractivity contribution in [3.05, 3.63) is 39.3 Å². The Hall–Kier alpha value is -1.52. The molecule has 1 fully saturated rings. The van der Waals surface area contributed by atoms with Crippen molar-refractivity contribution >= 4 is 22.4 Å². The van der Waals surface area contributed by atoms with Gasteiger partial charge in [0.15, 0.2) is 0 Å². The lowest BCUT2D eigenvalue weighted by molar-refractivity contribution is 0.250. The van der Waals surface area contributed by atoms with Crippen molar-refractivity contribution in [2.24, 2.45) is 18.7 Å². The van der Waals surface area contributed by atoms with Crippen LogP contribution in [0.2, 0.25) is 5.02 Å². The predicted octanol–water partition coefficient (Wildman–Crippen LogP) is 3.22. The summed E-state index contributed by atoms with van der Waals surface area (Å²) in [6.45, 7) is 0.932. The van der Waals surface area contributed by atoms with E-state index in [0.29, 0.717) is 28.7 Å². The minimum atomic E-state index is -0.0691. The summed E-state index contributed by atoms with van der Waals surface area (Å²) in [5, 5.41) is 1.97. The molecule has 1 saturated carbocycles. The molecule has 0 atom stereocenters. The number of benzene rings is 1. The van der Waals surface area contributed by atoms with Crippen LogP contribution < -0.4 is 16.0 Å². The molecule has 1 aliphatic rings. The van der Waals surface area contributed by atoms with Crippen molar-refractivity contribution in [1.29, 1.82) is 0 Å². The van der Waals surface area contributed by atoms with E-state index in [9.17, 15) is 4.79 Å². The summed E-state index contributed by atoms with van der Waals surface area (Å²) in [5.74, 6) is 1.30. The first kappa shape index (κ1) is 15.4. The van der Waals surface area contributed by atoms with Gasteiger partial charge in [0, 0.05) is 24.0 Å². The molecule has 1 aromatic carbocycles. The number of hydrogen-bond acceptors (Lipinski definition) is 3. The highest BCUT2D eigenvalue weighted by Crippen LogP contribution is 2.32. The maximum Gasteiger partial charge on any atom is 0.258 e. The monoisotopic (exact) mass is 320 g/mol. The van der Waals surface area contributed by atoms with Gasteiger partial charge in [0.1, 0.15) is 5.75 Å². The van der Waals surface area contributed by atoms with Crippen molar-refractivity contribution in [3.63, 3.8) is 0 Å². The Labute approximate surface area is 134 Å². The first-order valence-corrected chi connectivity index (χ1v) is 8.13. The highest BCUT2D eigenvalue weighted by Gasteiger charge is 2.19. The summed E-state index contributed by atoms with van der Waals surface area (Å²) >= 11 is 6.11. The first-order valence-electron chi connectivity index (χ1n) is 7.75. The second-order valence-electron chi connectivity index (χ2n) is 6.00. The Morgan fingerprint density at radius 1 is 1.32 bits per heavy atom. The molecule has 0 aliphatic heterocycles. The van der Waals surface area contributed by atoms with Gasteiger partial charge in [-0.1, -0.05) is 24.4 Å². The smallest absolute Gasteiger partial charge is 0.258 e. The van der Waals surface area contributed by atoms with E-state index in [1.165, 1.54) is 25.7 Å². The predicted molar refractivity (Wildman–Crippen MR) is 89.5 cm³/mol. The van der Waals surface area contributed by atoms with E-state index in [-0.39, 0.29) is 12.1 Å². The van der Waals surface area contributed by atoms with Gasteiger partial charge in [-0.15, -0.1) is 0 Å². The van der Waals surface area contributed by atoms with E-state index in [0.717, 1.165) is 11.1 Å². The Kier molecular flexibility index (Phi) is 4.41. The fourth-order valence-electron chi connectivity index (χ4n) is 3.27. The minimum absolute atomic E-state index is 0.0691. The van der Waals surface area contributed by atoms with Crippen LogP contribution in [0.5, 0.6) is 5.75 Å². The van der Waals surface area contributed by atoms with Crippen molar-refractivity contribution in [3.8, 4) is 5.75 Å². The summed E-state index contributed by atoms with van der Waals surface area (Å²) in [7, 11) is 1.74. The van der Waals surface area contributed by atoms with E-state index >= 15 is 0 Å². The van der Waals surface area contributed by atoms with E-state index in [2.05, 4.69) is 0 Å². The normalized spacial score (nSPS) is 15.6. The molecule has 118 valence electrons. The van der Waals surface area contributed by atoms with Gasteiger partial charge in [-0.3, -0.25) is 4.79 Å². The Morgan fingerprint density at radius 2 is 2.05 bits per heavy atom. The molecule has 0 bridgehead atoms. The number of halogens is 1. The number of pyridine rings is 1. The fraction of sp³-hybridized carbons (Fsp3) is 0.471. The molecule has 5 heteroatoms. The molecule has 0 spiro atoms. The van der Waals surface area contributed by atoms with Gasteiger partial charge in [0.25, 0.3) is 5.56 Å². The number of ether oxygens (including phenoxy) is 1. The van der Waals surface area contributed by atoms with Gasteiger partial charge in [-0.05, 0) is 37.0 Å². The Morgan fingerprint density at radius 3 is 2.73 bits per heavy atom. The van der Waals surface area contributed by atoms with Crippen LogP contribution in [0.4, 0.5) is 0 Å². The van der Waals surface area contributed by atoms with Crippen molar-refractivity contribution in [2.45, 2.75) is 32.2 Å². The van der Waals surface area contributed by atoms with Crippen LogP contribution in [0.1, 0.15) is 31.4 Å². The topological polar surface area (TPSA) is 57.2 Å². The zero-order chi connectivity index (χ0) is 15.7. The number of fused-ring (bicyclic) bond motifs is 1. The first-order chi connectivity index (χ1) is 10.6. The number of hydrogen-bond donors (Lipinski definition) is 1. The summed E-state index contributed by atoms with van der Waals surface area (Å²) in [6, 6.07) is 5.28. The maximum absolute atomic E-state index is 12.4. The van der Waals surface area contributed by atoms with Crippen LogP contribution in [0.3, 0.4) is 0 Å². The lowest BCUT2D eigenvalue weighted by Crippen LogP contribution is -2.24. The molecular weight excluding hydrogens is 300 g/mol. The van der Waals surface area contributed by atoms with Crippen molar-refractivity contribution in [2.75, 3.05) is 6.61 Å². The molecule has 0 radical (unpaired) electrons. The average molecular weight is 321 g/mol. The third-order valence-corrected chi connectivity index (χ3v) is 4.79. The highest BCUT2D eigenvalue weighted by atomic mass is 35.5.